The van der Waals surface area contributed by atoms with Gasteiger partial charge in [-0.1, -0.05) is 25.9 Å². The third-order valence-electron chi connectivity index (χ3n) is 3.42. The molecule has 2 rings (SSSR count). The zero-order valence-electron chi connectivity index (χ0n) is 10.9. The standard InChI is InChI=1S/C12H22N4O/c1-4-5-13-6-11-14-15-12(17-11)16-7-9(2)10(3)8-16/h9-10,13H,4-8H2,1-3H3. The van der Waals surface area contributed by atoms with Gasteiger partial charge in [0, 0.05) is 13.1 Å². The van der Waals surface area contributed by atoms with E-state index >= 15 is 0 Å². The maximum absolute atomic E-state index is 5.65. The van der Waals surface area contributed by atoms with Crippen LogP contribution in [0.15, 0.2) is 4.42 Å². The van der Waals surface area contributed by atoms with Gasteiger partial charge in [-0.25, -0.2) is 0 Å². The molecule has 0 aromatic carbocycles. The van der Waals surface area contributed by atoms with Crippen molar-refractivity contribution in [2.75, 3.05) is 24.5 Å². The summed E-state index contributed by atoms with van der Waals surface area (Å²) in [6.45, 7) is 10.4. The second kappa shape index (κ2) is 5.49. The van der Waals surface area contributed by atoms with E-state index in [0.717, 1.165) is 26.1 Å². The number of hydrogen-bond acceptors (Lipinski definition) is 5. The second-order valence-corrected chi connectivity index (χ2v) is 5.01. The summed E-state index contributed by atoms with van der Waals surface area (Å²) >= 11 is 0. The normalized spacial score (nSPS) is 24.5. The number of anilines is 1. The van der Waals surface area contributed by atoms with E-state index in [1.54, 1.807) is 0 Å². The van der Waals surface area contributed by atoms with E-state index in [4.69, 9.17) is 4.42 Å². The average Bonchev–Trinajstić information content (AvgIpc) is 2.88. The molecule has 1 saturated heterocycles. The van der Waals surface area contributed by atoms with Crippen LogP contribution < -0.4 is 10.2 Å². The van der Waals surface area contributed by atoms with Crippen LogP contribution in [-0.2, 0) is 6.54 Å². The number of nitrogens with zero attached hydrogens (tertiary/aromatic N) is 3. The first kappa shape index (κ1) is 12.4. The Bertz CT molecular complexity index is 342. The Morgan fingerprint density at radius 1 is 1.29 bits per heavy atom. The van der Waals surface area contributed by atoms with Crippen LogP contribution in [0.3, 0.4) is 0 Å². The van der Waals surface area contributed by atoms with E-state index in [1.807, 2.05) is 0 Å². The molecule has 1 aromatic rings. The Morgan fingerprint density at radius 3 is 2.65 bits per heavy atom. The number of nitrogens with one attached hydrogen (secondary N) is 1. The van der Waals surface area contributed by atoms with Gasteiger partial charge in [-0.05, 0) is 24.8 Å². The largest absolute Gasteiger partial charge is 0.407 e. The van der Waals surface area contributed by atoms with Gasteiger partial charge in [0.05, 0.1) is 6.54 Å². The molecule has 1 aliphatic rings. The van der Waals surface area contributed by atoms with Gasteiger partial charge in [0.2, 0.25) is 5.89 Å². The van der Waals surface area contributed by atoms with Crippen LogP contribution in [-0.4, -0.2) is 29.8 Å². The summed E-state index contributed by atoms with van der Waals surface area (Å²) in [6, 6.07) is 0.675. The first-order chi connectivity index (χ1) is 8.20. The number of rotatable bonds is 5. The smallest absolute Gasteiger partial charge is 0.318 e. The van der Waals surface area contributed by atoms with Crippen LogP contribution in [0.4, 0.5) is 6.01 Å². The fraction of sp³-hybridized carbons (Fsp3) is 0.833. The highest BCUT2D eigenvalue weighted by molar-refractivity contribution is 5.26. The van der Waals surface area contributed by atoms with Crippen molar-refractivity contribution in [2.24, 2.45) is 11.8 Å². The van der Waals surface area contributed by atoms with Crippen LogP contribution in [0.25, 0.3) is 0 Å². The van der Waals surface area contributed by atoms with E-state index in [1.165, 1.54) is 0 Å². The molecule has 1 N–H and O–H groups in total. The summed E-state index contributed by atoms with van der Waals surface area (Å²) in [4.78, 5) is 2.19. The van der Waals surface area contributed by atoms with Crippen LogP contribution in [0.2, 0.25) is 0 Å². The Labute approximate surface area is 103 Å². The minimum Gasteiger partial charge on any atom is -0.407 e. The summed E-state index contributed by atoms with van der Waals surface area (Å²) in [7, 11) is 0. The second-order valence-electron chi connectivity index (χ2n) is 5.01. The van der Waals surface area contributed by atoms with Gasteiger partial charge in [0.25, 0.3) is 0 Å². The molecule has 1 aliphatic heterocycles. The van der Waals surface area contributed by atoms with Gasteiger partial charge in [-0.3, -0.25) is 0 Å². The van der Waals surface area contributed by atoms with Crippen molar-refractivity contribution < 1.29 is 4.42 Å². The van der Waals surface area contributed by atoms with Crippen molar-refractivity contribution in [2.45, 2.75) is 33.7 Å². The molecule has 17 heavy (non-hydrogen) atoms. The molecular formula is C12H22N4O. The summed E-state index contributed by atoms with van der Waals surface area (Å²) in [5, 5.41) is 11.4. The third-order valence-corrected chi connectivity index (χ3v) is 3.42. The Balaban J connectivity index is 1.90. The third kappa shape index (κ3) is 2.97. The molecule has 0 aliphatic carbocycles. The van der Waals surface area contributed by atoms with E-state index in [-0.39, 0.29) is 0 Å². The highest BCUT2D eigenvalue weighted by Gasteiger charge is 2.29. The zero-order chi connectivity index (χ0) is 12.3. The molecule has 2 unspecified atom stereocenters. The molecule has 0 radical (unpaired) electrons. The summed E-state index contributed by atoms with van der Waals surface area (Å²) in [5.41, 5.74) is 0. The fourth-order valence-electron chi connectivity index (χ4n) is 2.10. The molecule has 5 nitrogen and oxygen atoms in total. The monoisotopic (exact) mass is 238 g/mol. The SMILES string of the molecule is CCCNCc1nnc(N2CC(C)C(C)C2)o1. The van der Waals surface area contributed by atoms with Gasteiger partial charge in [-0.15, -0.1) is 5.10 Å². The molecule has 0 spiro atoms. The first-order valence-electron chi connectivity index (χ1n) is 6.48. The molecule has 96 valence electrons. The summed E-state index contributed by atoms with van der Waals surface area (Å²) in [5.74, 6) is 2.08. The maximum atomic E-state index is 5.65. The van der Waals surface area contributed by atoms with Crippen LogP contribution >= 0.6 is 0 Å². The molecule has 0 amide bonds. The molecule has 1 fully saturated rings. The minimum atomic E-state index is 0.666. The Morgan fingerprint density at radius 2 is 2.00 bits per heavy atom. The van der Waals surface area contributed by atoms with E-state index in [2.05, 4.69) is 41.2 Å². The minimum absolute atomic E-state index is 0.666. The van der Waals surface area contributed by atoms with Crippen molar-refractivity contribution >= 4 is 6.01 Å². The first-order valence-corrected chi connectivity index (χ1v) is 6.48. The predicted octanol–water partition coefficient (Wildman–Crippen LogP) is 1.66. The highest BCUT2D eigenvalue weighted by Crippen LogP contribution is 2.26. The molecule has 1 aromatic heterocycles. The van der Waals surface area contributed by atoms with Crippen LogP contribution in [0.5, 0.6) is 0 Å². The Kier molecular flexibility index (Phi) is 3.99. The molecular weight excluding hydrogens is 216 g/mol. The molecule has 0 saturated carbocycles. The molecule has 2 atom stereocenters. The molecule has 5 heteroatoms. The van der Waals surface area contributed by atoms with Crippen molar-refractivity contribution in [3.8, 4) is 0 Å². The number of aromatic nitrogens is 2. The average molecular weight is 238 g/mol. The highest BCUT2D eigenvalue weighted by atomic mass is 16.4. The maximum Gasteiger partial charge on any atom is 0.318 e. The quantitative estimate of drug-likeness (QED) is 0.791. The lowest BCUT2D eigenvalue weighted by atomic mass is 10.0. The van der Waals surface area contributed by atoms with E-state index in [9.17, 15) is 0 Å². The lowest BCUT2D eigenvalue weighted by molar-refractivity contribution is 0.465. The fourth-order valence-corrected chi connectivity index (χ4v) is 2.10. The molecule has 0 bridgehead atoms. The summed E-state index contributed by atoms with van der Waals surface area (Å²) < 4.78 is 5.65. The van der Waals surface area contributed by atoms with Gasteiger partial charge in [0.15, 0.2) is 0 Å². The van der Waals surface area contributed by atoms with Crippen molar-refractivity contribution in [3.63, 3.8) is 0 Å². The van der Waals surface area contributed by atoms with E-state index < -0.39 is 0 Å². The van der Waals surface area contributed by atoms with Crippen LogP contribution in [0, 0.1) is 11.8 Å². The van der Waals surface area contributed by atoms with Gasteiger partial charge in [0.1, 0.15) is 0 Å². The molecule has 2 heterocycles. The van der Waals surface area contributed by atoms with Gasteiger partial charge >= 0.3 is 6.01 Å². The zero-order valence-corrected chi connectivity index (χ0v) is 10.9. The lowest BCUT2D eigenvalue weighted by Crippen LogP contribution is -2.19. The van der Waals surface area contributed by atoms with Crippen LogP contribution in [0.1, 0.15) is 33.1 Å². The van der Waals surface area contributed by atoms with Gasteiger partial charge in [-0.2, -0.15) is 0 Å². The lowest BCUT2D eigenvalue weighted by Gasteiger charge is -2.11. The van der Waals surface area contributed by atoms with Crippen molar-refractivity contribution in [1.29, 1.82) is 0 Å². The van der Waals surface area contributed by atoms with Gasteiger partial charge < -0.3 is 14.6 Å². The topological polar surface area (TPSA) is 54.2 Å². The van der Waals surface area contributed by atoms with E-state index in [0.29, 0.717) is 30.3 Å². The van der Waals surface area contributed by atoms with Crippen molar-refractivity contribution in [1.82, 2.24) is 15.5 Å². The van der Waals surface area contributed by atoms with Crippen molar-refractivity contribution in [3.05, 3.63) is 5.89 Å². The Hall–Kier alpha value is -1.10. The summed E-state index contributed by atoms with van der Waals surface area (Å²) in [6.07, 6.45) is 1.11. The number of hydrogen-bond donors (Lipinski definition) is 1. The predicted molar refractivity (Wildman–Crippen MR) is 66.8 cm³/mol.